The van der Waals surface area contributed by atoms with E-state index in [2.05, 4.69) is 10.4 Å². The van der Waals surface area contributed by atoms with Gasteiger partial charge in [-0.15, -0.1) is 11.3 Å². The maximum absolute atomic E-state index is 5.97. The van der Waals surface area contributed by atoms with Gasteiger partial charge in [0.2, 0.25) is 0 Å². The van der Waals surface area contributed by atoms with Gasteiger partial charge in [0.1, 0.15) is 0 Å². The Hall–Kier alpha value is -0.940. The number of nitrogens with zero attached hydrogens (tertiary/aromatic N) is 1. The van der Waals surface area contributed by atoms with E-state index in [-0.39, 0.29) is 6.04 Å². The molecule has 0 saturated carbocycles. The number of hydrogen-bond acceptors (Lipinski definition) is 4. The zero-order valence-electron chi connectivity index (χ0n) is 8.77. The highest BCUT2D eigenvalue weighted by molar-refractivity contribution is 7.09. The summed E-state index contributed by atoms with van der Waals surface area (Å²) in [5.74, 6) is 5.60. The fraction of sp³-hybridized carbons (Fsp3) is 0.182. The number of rotatable bonds is 3. The molecule has 84 valence electrons. The molecule has 3 N–H and O–H groups in total. The van der Waals surface area contributed by atoms with Gasteiger partial charge >= 0.3 is 0 Å². The highest BCUT2D eigenvalue weighted by Crippen LogP contribution is 2.28. The molecule has 1 heterocycles. The molecule has 0 aliphatic carbocycles. The van der Waals surface area contributed by atoms with Crippen LogP contribution in [0.2, 0.25) is 5.02 Å². The van der Waals surface area contributed by atoms with Crippen LogP contribution in [0.1, 0.15) is 22.2 Å². The van der Waals surface area contributed by atoms with Crippen molar-refractivity contribution >= 4 is 22.9 Å². The van der Waals surface area contributed by atoms with Crippen LogP contribution in [-0.2, 0) is 0 Å². The van der Waals surface area contributed by atoms with Crippen molar-refractivity contribution in [3.05, 3.63) is 50.9 Å². The number of benzene rings is 1. The molecule has 16 heavy (non-hydrogen) atoms. The van der Waals surface area contributed by atoms with Crippen molar-refractivity contribution in [3.63, 3.8) is 0 Å². The number of nitrogens with one attached hydrogen (secondary N) is 1. The molecule has 3 nitrogen and oxygen atoms in total. The summed E-state index contributed by atoms with van der Waals surface area (Å²) in [5, 5.41) is 0.708. The molecule has 0 amide bonds. The number of thiazole rings is 1. The van der Waals surface area contributed by atoms with Crippen LogP contribution in [0.25, 0.3) is 0 Å². The minimum absolute atomic E-state index is 0.0498. The molecule has 2 rings (SSSR count). The minimum Gasteiger partial charge on any atom is -0.271 e. The molecule has 0 fully saturated rings. The van der Waals surface area contributed by atoms with Crippen LogP contribution in [0.4, 0.5) is 0 Å². The van der Waals surface area contributed by atoms with Gasteiger partial charge in [0, 0.05) is 5.02 Å². The van der Waals surface area contributed by atoms with Crippen molar-refractivity contribution in [3.8, 4) is 0 Å². The smallest absolute Gasteiger partial charge is 0.0821 e. The molecular formula is C11H12ClN3S. The molecule has 1 unspecified atom stereocenters. The summed E-state index contributed by atoms with van der Waals surface area (Å²) in [7, 11) is 0. The van der Waals surface area contributed by atoms with E-state index in [4.69, 9.17) is 17.4 Å². The first-order chi connectivity index (χ1) is 7.72. The average molecular weight is 254 g/mol. The number of halogens is 1. The van der Waals surface area contributed by atoms with Crippen LogP contribution in [0.3, 0.4) is 0 Å². The third-order valence-corrected chi connectivity index (χ3v) is 3.62. The van der Waals surface area contributed by atoms with Crippen LogP contribution < -0.4 is 11.3 Å². The molecular weight excluding hydrogens is 242 g/mol. The Bertz CT molecular complexity index is 484. The maximum atomic E-state index is 5.97. The molecule has 0 radical (unpaired) electrons. The standard InChI is InChI=1S/C11H12ClN3S/c1-7-11(16-6-14-7)10(15-13)8-3-2-4-9(12)5-8/h2-6,10,15H,13H2,1H3. The van der Waals surface area contributed by atoms with Crippen molar-refractivity contribution in [1.29, 1.82) is 0 Å². The first kappa shape index (κ1) is 11.5. The van der Waals surface area contributed by atoms with Gasteiger partial charge in [0.25, 0.3) is 0 Å². The minimum atomic E-state index is -0.0498. The third kappa shape index (κ3) is 2.25. The number of hydrogen-bond donors (Lipinski definition) is 2. The number of aromatic nitrogens is 1. The summed E-state index contributed by atoms with van der Waals surface area (Å²) < 4.78 is 0. The Labute approximate surface area is 103 Å². The Balaban J connectivity index is 2.40. The zero-order chi connectivity index (χ0) is 11.5. The lowest BCUT2D eigenvalue weighted by molar-refractivity contribution is 0.642. The summed E-state index contributed by atoms with van der Waals surface area (Å²) in [5.41, 5.74) is 6.66. The molecule has 1 aromatic heterocycles. The summed E-state index contributed by atoms with van der Waals surface area (Å²) in [6, 6.07) is 7.61. The molecule has 0 aliphatic rings. The van der Waals surface area contributed by atoms with Crippen LogP contribution >= 0.6 is 22.9 Å². The van der Waals surface area contributed by atoms with E-state index in [1.807, 2.05) is 36.7 Å². The van der Waals surface area contributed by atoms with E-state index in [1.54, 1.807) is 11.3 Å². The second-order valence-electron chi connectivity index (χ2n) is 3.46. The lowest BCUT2D eigenvalue weighted by atomic mass is 10.1. The van der Waals surface area contributed by atoms with Crippen molar-refractivity contribution in [2.24, 2.45) is 5.84 Å². The second kappa shape index (κ2) is 4.93. The number of nitrogens with two attached hydrogens (primary N) is 1. The molecule has 0 aliphatic heterocycles. The van der Waals surface area contributed by atoms with Gasteiger partial charge in [0.05, 0.1) is 22.1 Å². The van der Waals surface area contributed by atoms with E-state index in [1.165, 1.54) is 0 Å². The van der Waals surface area contributed by atoms with Crippen LogP contribution in [0.5, 0.6) is 0 Å². The van der Waals surface area contributed by atoms with Gasteiger partial charge in [0.15, 0.2) is 0 Å². The summed E-state index contributed by atoms with van der Waals surface area (Å²) in [4.78, 5) is 5.34. The molecule has 0 spiro atoms. The first-order valence-electron chi connectivity index (χ1n) is 4.84. The Morgan fingerprint density at radius 1 is 1.50 bits per heavy atom. The lowest BCUT2D eigenvalue weighted by Gasteiger charge is -2.15. The highest BCUT2D eigenvalue weighted by Gasteiger charge is 2.16. The fourth-order valence-corrected chi connectivity index (χ4v) is 2.68. The van der Waals surface area contributed by atoms with Gasteiger partial charge in [-0.05, 0) is 24.6 Å². The lowest BCUT2D eigenvalue weighted by Crippen LogP contribution is -2.28. The molecule has 2 aromatic rings. The van der Waals surface area contributed by atoms with Gasteiger partial charge in [-0.1, -0.05) is 23.7 Å². The highest BCUT2D eigenvalue weighted by atomic mass is 35.5. The van der Waals surface area contributed by atoms with Gasteiger partial charge in [-0.25, -0.2) is 10.4 Å². The van der Waals surface area contributed by atoms with E-state index in [0.717, 1.165) is 16.1 Å². The van der Waals surface area contributed by atoms with Crippen molar-refractivity contribution < 1.29 is 0 Å². The van der Waals surface area contributed by atoms with Crippen molar-refractivity contribution in [1.82, 2.24) is 10.4 Å². The Kier molecular flexibility index (Phi) is 3.56. The average Bonchev–Trinajstić information content (AvgIpc) is 2.67. The largest absolute Gasteiger partial charge is 0.271 e. The van der Waals surface area contributed by atoms with Crippen molar-refractivity contribution in [2.75, 3.05) is 0 Å². The SMILES string of the molecule is Cc1ncsc1C(NN)c1cccc(Cl)c1. The normalized spacial score (nSPS) is 12.7. The van der Waals surface area contributed by atoms with Crippen LogP contribution in [0.15, 0.2) is 29.8 Å². The monoisotopic (exact) mass is 253 g/mol. The molecule has 5 heteroatoms. The summed E-state index contributed by atoms with van der Waals surface area (Å²) in [6.45, 7) is 1.97. The van der Waals surface area contributed by atoms with E-state index < -0.39 is 0 Å². The van der Waals surface area contributed by atoms with E-state index >= 15 is 0 Å². The zero-order valence-corrected chi connectivity index (χ0v) is 10.3. The second-order valence-corrected chi connectivity index (χ2v) is 4.78. The predicted molar refractivity (Wildman–Crippen MR) is 67.5 cm³/mol. The number of aryl methyl sites for hydroxylation is 1. The molecule has 0 saturated heterocycles. The number of hydrazine groups is 1. The van der Waals surface area contributed by atoms with Gasteiger partial charge in [-0.2, -0.15) is 0 Å². The van der Waals surface area contributed by atoms with Crippen LogP contribution in [-0.4, -0.2) is 4.98 Å². The molecule has 1 aromatic carbocycles. The van der Waals surface area contributed by atoms with Crippen molar-refractivity contribution in [2.45, 2.75) is 13.0 Å². The quantitative estimate of drug-likeness (QED) is 0.653. The molecule has 1 atom stereocenters. The summed E-state index contributed by atoms with van der Waals surface area (Å²) >= 11 is 7.55. The molecule has 0 bridgehead atoms. The van der Waals surface area contributed by atoms with E-state index in [0.29, 0.717) is 5.02 Å². The Morgan fingerprint density at radius 2 is 2.31 bits per heavy atom. The fourth-order valence-electron chi connectivity index (χ4n) is 1.60. The topological polar surface area (TPSA) is 50.9 Å². The maximum Gasteiger partial charge on any atom is 0.0821 e. The Morgan fingerprint density at radius 3 is 2.88 bits per heavy atom. The third-order valence-electron chi connectivity index (χ3n) is 2.39. The summed E-state index contributed by atoms with van der Waals surface area (Å²) in [6.07, 6.45) is 0. The van der Waals surface area contributed by atoms with Gasteiger partial charge < -0.3 is 0 Å². The van der Waals surface area contributed by atoms with Gasteiger partial charge in [-0.3, -0.25) is 5.84 Å². The van der Waals surface area contributed by atoms with Crippen LogP contribution in [0, 0.1) is 6.92 Å². The van der Waals surface area contributed by atoms with E-state index in [9.17, 15) is 0 Å². The first-order valence-corrected chi connectivity index (χ1v) is 6.09. The predicted octanol–water partition coefficient (Wildman–Crippen LogP) is 2.66.